The summed E-state index contributed by atoms with van der Waals surface area (Å²) < 4.78 is 0. The second-order valence-electron chi connectivity index (χ2n) is 6.52. The zero-order valence-electron chi connectivity index (χ0n) is 16.5. The lowest BCUT2D eigenvalue weighted by molar-refractivity contribution is -0.125. The van der Waals surface area contributed by atoms with Crippen LogP contribution in [0.5, 0.6) is 0 Å². The third-order valence-corrected chi connectivity index (χ3v) is 4.89. The van der Waals surface area contributed by atoms with Crippen LogP contribution in [0.4, 0.5) is 5.69 Å². The Morgan fingerprint density at radius 2 is 1.50 bits per heavy atom. The van der Waals surface area contributed by atoms with E-state index in [4.69, 9.17) is 5.73 Å². The summed E-state index contributed by atoms with van der Waals surface area (Å²) in [7, 11) is 0. The van der Waals surface area contributed by atoms with Crippen LogP contribution in [0.1, 0.15) is 63.7 Å². The molecule has 0 aliphatic rings. The van der Waals surface area contributed by atoms with Crippen molar-refractivity contribution in [1.82, 2.24) is 4.90 Å². The van der Waals surface area contributed by atoms with Gasteiger partial charge in [0.1, 0.15) is 0 Å². The number of nitrogens with two attached hydrogens (primary N) is 1. The van der Waals surface area contributed by atoms with Gasteiger partial charge in [-0.15, -0.1) is 12.4 Å². The number of hydrogen-bond acceptors (Lipinski definition) is 3. The van der Waals surface area contributed by atoms with Crippen molar-refractivity contribution in [2.75, 3.05) is 25.0 Å². The third-order valence-electron chi connectivity index (χ3n) is 4.89. The third kappa shape index (κ3) is 5.99. The van der Waals surface area contributed by atoms with E-state index in [2.05, 4.69) is 19.2 Å². The number of halogens is 1. The Hall–Kier alpha value is -1.59. The molecular formula is C20H34ClN3O2. The van der Waals surface area contributed by atoms with Gasteiger partial charge in [-0.2, -0.15) is 0 Å². The first-order valence-corrected chi connectivity index (χ1v) is 9.38. The minimum atomic E-state index is -0.534. The Kier molecular flexibility index (Phi) is 11.2. The topological polar surface area (TPSA) is 75.4 Å². The fourth-order valence-corrected chi connectivity index (χ4v) is 2.95. The number of benzene rings is 1. The van der Waals surface area contributed by atoms with Gasteiger partial charge in [0, 0.05) is 30.9 Å². The second kappa shape index (κ2) is 11.9. The molecule has 0 saturated carbocycles. The summed E-state index contributed by atoms with van der Waals surface area (Å²) in [5.41, 5.74) is 6.63. The highest BCUT2D eigenvalue weighted by atomic mass is 35.5. The van der Waals surface area contributed by atoms with Crippen LogP contribution < -0.4 is 11.1 Å². The minimum Gasteiger partial charge on any atom is -0.339 e. The summed E-state index contributed by atoms with van der Waals surface area (Å²) in [4.78, 5) is 27.0. The normalized spacial score (nSPS) is 10.8. The lowest BCUT2D eigenvalue weighted by atomic mass is 9.81. The van der Waals surface area contributed by atoms with Crippen LogP contribution in [0.2, 0.25) is 0 Å². The summed E-state index contributed by atoms with van der Waals surface area (Å²) in [6.45, 7) is 9.95. The molecule has 0 aromatic heterocycles. The van der Waals surface area contributed by atoms with Gasteiger partial charge in [-0.1, -0.05) is 27.7 Å². The maximum absolute atomic E-state index is 12.6. The highest BCUT2D eigenvalue weighted by Gasteiger charge is 2.33. The van der Waals surface area contributed by atoms with Crippen molar-refractivity contribution in [3.05, 3.63) is 29.8 Å². The van der Waals surface area contributed by atoms with Gasteiger partial charge >= 0.3 is 0 Å². The summed E-state index contributed by atoms with van der Waals surface area (Å²) in [5.74, 6) is -0.0160. The molecule has 0 atom stereocenters. The predicted octanol–water partition coefficient (Wildman–Crippen LogP) is 4.07. The van der Waals surface area contributed by atoms with E-state index in [1.165, 1.54) is 0 Å². The SMILES string of the molecule is CCCN(CCC)C(=O)c1ccc(NC(=O)C(CC)(CC)CN)cc1.Cl. The largest absolute Gasteiger partial charge is 0.339 e. The molecule has 3 N–H and O–H groups in total. The fraction of sp³-hybridized carbons (Fsp3) is 0.600. The van der Waals surface area contributed by atoms with Crippen LogP contribution in [0, 0.1) is 5.41 Å². The second-order valence-corrected chi connectivity index (χ2v) is 6.52. The van der Waals surface area contributed by atoms with Crippen molar-refractivity contribution < 1.29 is 9.59 Å². The standard InChI is InChI=1S/C20H33N3O2.ClH/c1-5-13-23(14-6-2)18(24)16-9-11-17(12-10-16)22-19(25)20(7-3,8-4)15-21;/h9-12H,5-8,13-15,21H2,1-4H3,(H,22,25);1H. The Labute approximate surface area is 164 Å². The molecule has 0 radical (unpaired) electrons. The zero-order chi connectivity index (χ0) is 18.9. The van der Waals surface area contributed by atoms with Crippen molar-refractivity contribution in [2.45, 2.75) is 53.4 Å². The molecule has 0 bridgehead atoms. The van der Waals surface area contributed by atoms with Crippen LogP contribution in [0.25, 0.3) is 0 Å². The number of nitrogens with one attached hydrogen (secondary N) is 1. The van der Waals surface area contributed by atoms with Crippen molar-refractivity contribution in [3.63, 3.8) is 0 Å². The summed E-state index contributed by atoms with van der Waals surface area (Å²) in [6, 6.07) is 7.12. The Morgan fingerprint density at radius 1 is 1.00 bits per heavy atom. The number of hydrogen-bond donors (Lipinski definition) is 2. The fourth-order valence-electron chi connectivity index (χ4n) is 2.95. The maximum Gasteiger partial charge on any atom is 0.253 e. The number of carbonyl (C=O) groups is 2. The Balaban J connectivity index is 0.00000625. The quantitative estimate of drug-likeness (QED) is 0.639. The highest BCUT2D eigenvalue weighted by molar-refractivity contribution is 5.97. The van der Waals surface area contributed by atoms with Gasteiger partial charge in [-0.05, 0) is 49.9 Å². The van der Waals surface area contributed by atoms with Crippen LogP contribution >= 0.6 is 12.4 Å². The highest BCUT2D eigenvalue weighted by Crippen LogP contribution is 2.27. The smallest absolute Gasteiger partial charge is 0.253 e. The molecule has 0 heterocycles. The lowest BCUT2D eigenvalue weighted by Crippen LogP contribution is -2.41. The van der Waals surface area contributed by atoms with Gasteiger partial charge in [0.05, 0.1) is 5.41 Å². The number of amides is 2. The van der Waals surface area contributed by atoms with Gasteiger partial charge in [0.2, 0.25) is 5.91 Å². The minimum absolute atomic E-state index is 0. The van der Waals surface area contributed by atoms with Gasteiger partial charge in [0.15, 0.2) is 0 Å². The predicted molar refractivity (Wildman–Crippen MR) is 111 cm³/mol. The molecule has 0 aliphatic carbocycles. The molecule has 5 nitrogen and oxygen atoms in total. The van der Waals surface area contributed by atoms with Gasteiger partial charge in [0.25, 0.3) is 5.91 Å². The van der Waals surface area contributed by atoms with Crippen molar-refractivity contribution >= 4 is 29.9 Å². The Bertz CT molecular complexity index is 542. The number of carbonyl (C=O) groups excluding carboxylic acids is 2. The molecule has 26 heavy (non-hydrogen) atoms. The van der Waals surface area contributed by atoms with Crippen molar-refractivity contribution in [2.24, 2.45) is 11.1 Å². The molecule has 6 heteroatoms. The van der Waals surface area contributed by atoms with E-state index in [-0.39, 0.29) is 24.2 Å². The van der Waals surface area contributed by atoms with E-state index in [0.29, 0.717) is 30.6 Å². The van der Waals surface area contributed by atoms with Crippen LogP contribution in [0.3, 0.4) is 0 Å². The summed E-state index contributed by atoms with van der Waals surface area (Å²) in [6.07, 6.45) is 3.28. The van der Waals surface area contributed by atoms with E-state index in [1.807, 2.05) is 18.7 Å². The number of rotatable bonds is 10. The average molecular weight is 384 g/mol. The van der Waals surface area contributed by atoms with Crippen molar-refractivity contribution in [1.29, 1.82) is 0 Å². The van der Waals surface area contributed by atoms with Crippen LogP contribution in [-0.2, 0) is 4.79 Å². The van der Waals surface area contributed by atoms with E-state index >= 15 is 0 Å². The van der Waals surface area contributed by atoms with E-state index in [1.54, 1.807) is 24.3 Å². The van der Waals surface area contributed by atoms with E-state index in [9.17, 15) is 9.59 Å². The molecular weight excluding hydrogens is 350 g/mol. The first-order chi connectivity index (χ1) is 12.0. The van der Waals surface area contributed by atoms with Gasteiger partial charge < -0.3 is 16.0 Å². The monoisotopic (exact) mass is 383 g/mol. The van der Waals surface area contributed by atoms with Crippen LogP contribution in [-0.4, -0.2) is 36.3 Å². The van der Waals surface area contributed by atoms with Crippen LogP contribution in [0.15, 0.2) is 24.3 Å². The first-order valence-electron chi connectivity index (χ1n) is 9.38. The molecule has 0 saturated heterocycles. The number of anilines is 1. The number of nitrogens with zero attached hydrogens (tertiary/aromatic N) is 1. The first kappa shape index (κ1) is 24.4. The molecule has 1 aromatic carbocycles. The van der Waals surface area contributed by atoms with Crippen molar-refractivity contribution in [3.8, 4) is 0 Å². The molecule has 1 rings (SSSR count). The molecule has 0 unspecified atom stereocenters. The van der Waals surface area contributed by atoms with Gasteiger partial charge in [-0.25, -0.2) is 0 Å². The zero-order valence-corrected chi connectivity index (χ0v) is 17.3. The van der Waals surface area contributed by atoms with E-state index < -0.39 is 5.41 Å². The van der Waals surface area contributed by atoms with Gasteiger partial charge in [-0.3, -0.25) is 9.59 Å². The molecule has 0 spiro atoms. The van der Waals surface area contributed by atoms with E-state index in [0.717, 1.165) is 25.9 Å². The Morgan fingerprint density at radius 3 is 1.88 bits per heavy atom. The summed E-state index contributed by atoms with van der Waals surface area (Å²) in [5, 5.41) is 2.94. The molecule has 0 fully saturated rings. The molecule has 0 aliphatic heterocycles. The molecule has 2 amide bonds. The summed E-state index contributed by atoms with van der Waals surface area (Å²) >= 11 is 0. The molecule has 148 valence electrons. The average Bonchev–Trinajstić information content (AvgIpc) is 2.63. The lowest BCUT2D eigenvalue weighted by Gasteiger charge is -2.28. The maximum atomic E-state index is 12.6. The molecule has 1 aromatic rings.